The van der Waals surface area contributed by atoms with Gasteiger partial charge in [0.1, 0.15) is 17.3 Å². The Kier molecular flexibility index (Phi) is 5.56. The molecule has 7 nitrogen and oxygen atoms in total. The van der Waals surface area contributed by atoms with Crippen LogP contribution in [0.25, 0.3) is 55.6 Å². The van der Waals surface area contributed by atoms with E-state index in [4.69, 9.17) is 4.74 Å². The highest BCUT2D eigenvalue weighted by Crippen LogP contribution is 2.35. The van der Waals surface area contributed by atoms with E-state index in [0.29, 0.717) is 23.0 Å². The van der Waals surface area contributed by atoms with Gasteiger partial charge in [0.25, 0.3) is 0 Å². The number of ether oxygens (including phenoxy) is 1. The number of rotatable bonds is 6. The van der Waals surface area contributed by atoms with Crippen molar-refractivity contribution in [3.05, 3.63) is 79.0 Å². The van der Waals surface area contributed by atoms with E-state index in [0.717, 1.165) is 50.0 Å². The summed E-state index contributed by atoms with van der Waals surface area (Å²) in [5, 5.41) is 13.0. The fourth-order valence-corrected chi connectivity index (χ4v) is 4.64. The second-order valence-corrected chi connectivity index (χ2v) is 9.28. The Morgan fingerprint density at radius 3 is 2.57 bits per heavy atom. The van der Waals surface area contributed by atoms with Crippen LogP contribution in [0.4, 0.5) is 10.1 Å². The molecule has 6 aromatic rings. The molecule has 2 aromatic carbocycles. The number of benzene rings is 2. The van der Waals surface area contributed by atoms with Crippen molar-refractivity contribution in [2.45, 2.75) is 19.9 Å². The van der Waals surface area contributed by atoms with Gasteiger partial charge >= 0.3 is 0 Å². The van der Waals surface area contributed by atoms with E-state index in [9.17, 15) is 4.39 Å². The molecule has 3 N–H and O–H groups in total. The lowest BCUT2D eigenvalue weighted by Crippen LogP contribution is -2.09. The molecule has 0 aliphatic rings. The number of fused-ring (bicyclic) bond motifs is 2. The summed E-state index contributed by atoms with van der Waals surface area (Å²) in [6, 6.07) is 17.1. The number of hydrogen-bond acceptors (Lipinski definition) is 5. The molecule has 0 saturated heterocycles. The Hall–Kier alpha value is -4.72. The van der Waals surface area contributed by atoms with Gasteiger partial charge in [-0.1, -0.05) is 6.07 Å². The molecule has 4 aromatic heterocycles. The molecule has 0 aliphatic carbocycles. The third-order valence-electron chi connectivity index (χ3n) is 6.27. The van der Waals surface area contributed by atoms with Crippen molar-refractivity contribution in [1.82, 2.24) is 25.1 Å². The molecule has 0 radical (unpaired) electrons. The number of methoxy groups -OCH3 is 1. The summed E-state index contributed by atoms with van der Waals surface area (Å²) in [5.74, 6) is 0.0643. The van der Waals surface area contributed by atoms with Gasteiger partial charge in [0.15, 0.2) is 0 Å². The SMILES string of the molecule is COc1cc(F)cc(-c2nccc3[nH]c(-c4n[nH]c5ccc(-c6cncc(NC(C)C)c6)cc45)cc23)c1. The van der Waals surface area contributed by atoms with E-state index in [1.54, 1.807) is 12.3 Å². The van der Waals surface area contributed by atoms with E-state index < -0.39 is 0 Å². The van der Waals surface area contributed by atoms with Crippen LogP contribution in [0.2, 0.25) is 0 Å². The number of aromatic nitrogens is 5. The van der Waals surface area contributed by atoms with Crippen LogP contribution in [0.15, 0.2) is 73.2 Å². The van der Waals surface area contributed by atoms with Crippen molar-refractivity contribution in [1.29, 1.82) is 0 Å². The maximum absolute atomic E-state index is 14.2. The largest absolute Gasteiger partial charge is 0.497 e. The predicted molar refractivity (Wildman–Crippen MR) is 145 cm³/mol. The minimum absolute atomic E-state index is 0.315. The molecular weight excluding hydrogens is 467 g/mol. The zero-order chi connectivity index (χ0) is 25.5. The molecular formula is C29H25FN6O. The maximum atomic E-state index is 14.2. The Morgan fingerprint density at radius 2 is 1.73 bits per heavy atom. The number of anilines is 1. The number of H-pyrrole nitrogens is 2. The van der Waals surface area contributed by atoms with Crippen LogP contribution in [-0.2, 0) is 0 Å². The second kappa shape index (κ2) is 9.05. The lowest BCUT2D eigenvalue weighted by Gasteiger charge is -2.11. The van der Waals surface area contributed by atoms with Gasteiger partial charge in [-0.05, 0) is 61.9 Å². The third kappa shape index (κ3) is 4.27. The molecule has 0 saturated carbocycles. The summed E-state index contributed by atoms with van der Waals surface area (Å²) in [6.45, 7) is 4.20. The Labute approximate surface area is 212 Å². The van der Waals surface area contributed by atoms with Crippen LogP contribution in [-0.4, -0.2) is 38.3 Å². The Bertz CT molecular complexity index is 1750. The topological polar surface area (TPSA) is 91.5 Å². The van der Waals surface area contributed by atoms with Gasteiger partial charge in [-0.3, -0.25) is 15.1 Å². The van der Waals surface area contributed by atoms with Crippen molar-refractivity contribution in [2.24, 2.45) is 0 Å². The summed E-state index contributed by atoms with van der Waals surface area (Å²) in [6.07, 6.45) is 5.40. The lowest BCUT2D eigenvalue weighted by atomic mass is 10.0. The monoisotopic (exact) mass is 492 g/mol. The highest BCUT2D eigenvalue weighted by molar-refractivity contribution is 6.01. The molecule has 4 heterocycles. The molecule has 6 rings (SSSR count). The molecule has 0 amide bonds. The van der Waals surface area contributed by atoms with Gasteiger partial charge in [-0.2, -0.15) is 5.10 Å². The van der Waals surface area contributed by atoms with E-state index in [1.165, 1.54) is 19.2 Å². The molecule has 0 fully saturated rings. The van der Waals surface area contributed by atoms with Crippen LogP contribution in [0.5, 0.6) is 5.75 Å². The van der Waals surface area contributed by atoms with Gasteiger partial charge in [-0.15, -0.1) is 0 Å². The van der Waals surface area contributed by atoms with Crippen molar-refractivity contribution in [3.8, 4) is 39.5 Å². The number of hydrogen-bond donors (Lipinski definition) is 3. The van der Waals surface area contributed by atoms with Crippen molar-refractivity contribution in [2.75, 3.05) is 12.4 Å². The number of pyridine rings is 2. The van der Waals surface area contributed by atoms with E-state index in [1.807, 2.05) is 30.6 Å². The Morgan fingerprint density at radius 1 is 0.865 bits per heavy atom. The first-order valence-electron chi connectivity index (χ1n) is 12.0. The lowest BCUT2D eigenvalue weighted by molar-refractivity contribution is 0.411. The average molecular weight is 493 g/mol. The third-order valence-corrected chi connectivity index (χ3v) is 6.27. The fraction of sp³-hybridized carbons (Fsp3) is 0.138. The van der Waals surface area contributed by atoms with Crippen molar-refractivity contribution in [3.63, 3.8) is 0 Å². The summed E-state index contributed by atoms with van der Waals surface area (Å²) in [5.41, 5.74) is 7.78. The molecule has 0 aliphatic heterocycles. The zero-order valence-corrected chi connectivity index (χ0v) is 20.6. The fourth-order valence-electron chi connectivity index (χ4n) is 4.64. The van der Waals surface area contributed by atoms with Crippen LogP contribution in [0, 0.1) is 5.82 Å². The zero-order valence-electron chi connectivity index (χ0n) is 20.6. The van der Waals surface area contributed by atoms with Gasteiger partial charge in [-0.25, -0.2) is 4.39 Å². The summed E-state index contributed by atoms with van der Waals surface area (Å²) in [4.78, 5) is 12.4. The molecule has 0 atom stereocenters. The first kappa shape index (κ1) is 22.7. The minimum atomic E-state index is -0.378. The highest BCUT2D eigenvalue weighted by atomic mass is 19.1. The summed E-state index contributed by atoms with van der Waals surface area (Å²) < 4.78 is 19.5. The maximum Gasteiger partial charge on any atom is 0.127 e. The van der Waals surface area contributed by atoms with Gasteiger partial charge < -0.3 is 15.0 Å². The van der Waals surface area contributed by atoms with Gasteiger partial charge in [0.2, 0.25) is 0 Å². The quantitative estimate of drug-likeness (QED) is 0.238. The molecule has 0 spiro atoms. The van der Waals surface area contributed by atoms with Crippen LogP contribution in [0.1, 0.15) is 13.8 Å². The first-order chi connectivity index (χ1) is 18.0. The number of nitrogens with one attached hydrogen (secondary N) is 3. The minimum Gasteiger partial charge on any atom is -0.497 e. The van der Waals surface area contributed by atoms with Crippen molar-refractivity contribution >= 4 is 27.5 Å². The number of nitrogens with zero attached hydrogens (tertiary/aromatic N) is 3. The summed E-state index contributed by atoms with van der Waals surface area (Å²) in [7, 11) is 1.52. The van der Waals surface area contributed by atoms with E-state index >= 15 is 0 Å². The summed E-state index contributed by atoms with van der Waals surface area (Å²) >= 11 is 0. The second-order valence-electron chi connectivity index (χ2n) is 9.28. The molecule has 0 bridgehead atoms. The van der Waals surface area contributed by atoms with Crippen LogP contribution >= 0.6 is 0 Å². The molecule has 0 unspecified atom stereocenters. The number of aromatic amines is 2. The number of halogens is 1. The standard InChI is InChI=1S/C29H25FN6O/c1-16(2)33-21-9-19(14-31-15-21)17-4-5-26-23(11-17)29(36-35-26)27-13-24-25(34-27)6-7-32-28(24)18-8-20(30)12-22(10-18)37-3/h4-16,33-34H,1-3H3,(H,35,36). The van der Waals surface area contributed by atoms with Gasteiger partial charge in [0.05, 0.1) is 29.7 Å². The smallest absolute Gasteiger partial charge is 0.127 e. The van der Waals surface area contributed by atoms with E-state index in [-0.39, 0.29) is 5.82 Å². The van der Waals surface area contributed by atoms with Crippen LogP contribution < -0.4 is 10.1 Å². The highest BCUT2D eigenvalue weighted by Gasteiger charge is 2.16. The van der Waals surface area contributed by atoms with Crippen LogP contribution in [0.3, 0.4) is 0 Å². The normalized spacial score (nSPS) is 11.5. The average Bonchev–Trinajstić information content (AvgIpc) is 3.51. The van der Waals surface area contributed by atoms with Gasteiger partial charge in [0, 0.05) is 58.1 Å². The predicted octanol–water partition coefficient (Wildman–Crippen LogP) is 6.80. The Balaban J connectivity index is 1.45. The first-order valence-corrected chi connectivity index (χ1v) is 12.0. The molecule has 8 heteroatoms. The molecule has 37 heavy (non-hydrogen) atoms. The van der Waals surface area contributed by atoms with Crippen molar-refractivity contribution < 1.29 is 9.13 Å². The molecule has 184 valence electrons. The van der Waals surface area contributed by atoms with E-state index in [2.05, 4.69) is 62.5 Å².